The van der Waals surface area contributed by atoms with E-state index in [4.69, 9.17) is 5.73 Å². The van der Waals surface area contributed by atoms with E-state index in [0.29, 0.717) is 31.6 Å². The summed E-state index contributed by atoms with van der Waals surface area (Å²) in [5.74, 6) is -1.11. The molecule has 0 aromatic heterocycles. The lowest BCUT2D eigenvalue weighted by Gasteiger charge is -2.27. The molecule has 9 heteroatoms. The van der Waals surface area contributed by atoms with Gasteiger partial charge in [0.05, 0.1) is 6.04 Å². The number of hydrogen-bond acceptors (Lipinski definition) is 6. The van der Waals surface area contributed by atoms with Crippen LogP contribution in [-0.2, 0) is 20.8 Å². The van der Waals surface area contributed by atoms with E-state index in [1.165, 1.54) is 28.8 Å². The normalized spacial score (nSPS) is 18.5. The van der Waals surface area contributed by atoms with Gasteiger partial charge in [0.25, 0.3) is 0 Å². The molecule has 1 heterocycles. The van der Waals surface area contributed by atoms with E-state index in [-0.39, 0.29) is 18.1 Å². The van der Waals surface area contributed by atoms with Gasteiger partial charge in [0.15, 0.2) is 0 Å². The molecule has 0 saturated carbocycles. The number of carbonyl (C=O) groups excluding carboxylic acids is 2. The van der Waals surface area contributed by atoms with Crippen LogP contribution in [0.2, 0.25) is 0 Å². The number of benzene rings is 1. The minimum Gasteiger partial charge on any atom is -0.508 e. The van der Waals surface area contributed by atoms with Gasteiger partial charge in [-0.15, -0.1) is 0 Å². The molecule has 1 aromatic rings. The van der Waals surface area contributed by atoms with E-state index in [1.807, 2.05) is 6.26 Å². The number of thioether (sulfide) groups is 1. The number of carbonyl (C=O) groups is 3. The topological polar surface area (TPSA) is 133 Å². The number of carboxylic acids is 1. The Kier molecular flexibility index (Phi) is 8.13. The summed E-state index contributed by atoms with van der Waals surface area (Å²) in [5, 5.41) is 21.2. The maximum Gasteiger partial charge on any atom is 0.326 e. The molecule has 0 unspecified atom stereocenters. The van der Waals surface area contributed by atoms with Crippen molar-refractivity contribution in [2.75, 3.05) is 18.6 Å². The van der Waals surface area contributed by atoms with Gasteiger partial charge >= 0.3 is 5.97 Å². The van der Waals surface area contributed by atoms with E-state index < -0.39 is 30.0 Å². The van der Waals surface area contributed by atoms with Gasteiger partial charge in [-0.2, -0.15) is 11.8 Å². The molecule has 5 N–H and O–H groups in total. The summed E-state index contributed by atoms with van der Waals surface area (Å²) < 4.78 is 0. The highest BCUT2D eigenvalue weighted by Crippen LogP contribution is 2.20. The first-order valence-corrected chi connectivity index (χ1v) is 10.6. The fourth-order valence-corrected chi connectivity index (χ4v) is 3.72. The zero-order chi connectivity index (χ0) is 20.7. The highest BCUT2D eigenvalue weighted by Gasteiger charge is 2.37. The Hall–Kier alpha value is -2.26. The Balaban J connectivity index is 1.99. The Labute approximate surface area is 168 Å². The number of nitrogens with two attached hydrogens (primary N) is 1. The third-order valence-electron chi connectivity index (χ3n) is 4.77. The molecule has 1 saturated heterocycles. The van der Waals surface area contributed by atoms with Crippen molar-refractivity contribution in [2.24, 2.45) is 5.73 Å². The number of phenols is 1. The zero-order valence-corrected chi connectivity index (χ0v) is 16.7. The molecule has 154 valence electrons. The van der Waals surface area contributed by atoms with Crippen molar-refractivity contribution < 1.29 is 24.6 Å². The van der Waals surface area contributed by atoms with Crippen LogP contribution >= 0.6 is 11.8 Å². The lowest BCUT2D eigenvalue weighted by Crippen LogP contribution is -2.54. The van der Waals surface area contributed by atoms with Crippen LogP contribution in [0.1, 0.15) is 24.8 Å². The number of nitrogens with one attached hydrogen (secondary N) is 1. The molecule has 0 aliphatic carbocycles. The third-order valence-corrected chi connectivity index (χ3v) is 5.42. The zero-order valence-electron chi connectivity index (χ0n) is 15.8. The number of likely N-dealkylation sites (tertiary alicyclic amines) is 1. The Morgan fingerprint density at radius 3 is 2.61 bits per heavy atom. The average Bonchev–Trinajstić information content (AvgIpc) is 3.15. The molecule has 3 atom stereocenters. The molecule has 1 aliphatic heterocycles. The van der Waals surface area contributed by atoms with Gasteiger partial charge in [-0.25, -0.2) is 4.79 Å². The Morgan fingerprint density at radius 2 is 2.00 bits per heavy atom. The van der Waals surface area contributed by atoms with Gasteiger partial charge in [0.1, 0.15) is 17.8 Å². The summed E-state index contributed by atoms with van der Waals surface area (Å²) in [6.45, 7) is 0.419. The minimum atomic E-state index is -1.08. The summed E-state index contributed by atoms with van der Waals surface area (Å²) in [7, 11) is 0. The number of amides is 2. The Bertz CT molecular complexity index is 697. The van der Waals surface area contributed by atoms with Crippen LogP contribution in [0.3, 0.4) is 0 Å². The monoisotopic (exact) mass is 409 g/mol. The fraction of sp³-hybridized carbons (Fsp3) is 0.526. The van der Waals surface area contributed by atoms with Gasteiger partial charge in [-0.1, -0.05) is 12.1 Å². The second kappa shape index (κ2) is 10.3. The molecule has 2 rings (SSSR count). The SMILES string of the molecule is CSCC[C@H](NC(=O)[C@@H]1CCCN1C(=O)[C@@H](N)Cc1ccc(O)cc1)C(=O)O. The van der Waals surface area contributed by atoms with Crippen molar-refractivity contribution in [3.8, 4) is 5.75 Å². The predicted molar refractivity (Wildman–Crippen MR) is 107 cm³/mol. The number of hydrogen-bond donors (Lipinski definition) is 4. The standard InChI is InChI=1S/C19H27N3O5S/c1-28-10-8-15(19(26)27)21-17(24)16-3-2-9-22(16)18(25)14(20)11-12-4-6-13(23)7-5-12/h4-7,14-16,23H,2-3,8-11,20H2,1H3,(H,21,24)(H,26,27)/t14-,15-,16-/m0/s1. The maximum absolute atomic E-state index is 12.8. The summed E-state index contributed by atoms with van der Waals surface area (Å²) in [6, 6.07) is 3.96. The summed E-state index contributed by atoms with van der Waals surface area (Å²) >= 11 is 1.51. The largest absolute Gasteiger partial charge is 0.508 e. The lowest BCUT2D eigenvalue weighted by atomic mass is 10.0. The van der Waals surface area contributed by atoms with Crippen molar-refractivity contribution in [1.29, 1.82) is 0 Å². The van der Waals surface area contributed by atoms with Crippen molar-refractivity contribution in [1.82, 2.24) is 10.2 Å². The minimum absolute atomic E-state index is 0.134. The van der Waals surface area contributed by atoms with Crippen molar-refractivity contribution >= 4 is 29.5 Å². The van der Waals surface area contributed by atoms with Crippen LogP contribution < -0.4 is 11.1 Å². The molecule has 1 aromatic carbocycles. The van der Waals surface area contributed by atoms with E-state index in [2.05, 4.69) is 5.32 Å². The van der Waals surface area contributed by atoms with E-state index in [0.717, 1.165) is 5.56 Å². The van der Waals surface area contributed by atoms with Crippen LogP contribution in [0, 0.1) is 0 Å². The third kappa shape index (κ3) is 5.87. The molecule has 0 radical (unpaired) electrons. The summed E-state index contributed by atoms with van der Waals surface area (Å²) in [5.41, 5.74) is 6.87. The first-order chi connectivity index (χ1) is 13.3. The molecule has 2 amide bonds. The Morgan fingerprint density at radius 1 is 1.32 bits per heavy atom. The predicted octanol–water partition coefficient (Wildman–Crippen LogP) is 0.576. The second-order valence-electron chi connectivity index (χ2n) is 6.85. The number of carboxylic acid groups (broad SMARTS) is 1. The first-order valence-electron chi connectivity index (χ1n) is 9.19. The molecule has 1 aliphatic rings. The summed E-state index contributed by atoms with van der Waals surface area (Å²) in [6.07, 6.45) is 3.63. The molecular weight excluding hydrogens is 382 g/mol. The quantitative estimate of drug-likeness (QED) is 0.469. The number of nitrogens with zero attached hydrogens (tertiary/aromatic N) is 1. The molecule has 1 fully saturated rings. The second-order valence-corrected chi connectivity index (χ2v) is 7.83. The van der Waals surface area contributed by atoms with Crippen molar-refractivity contribution in [3.05, 3.63) is 29.8 Å². The smallest absolute Gasteiger partial charge is 0.326 e. The number of aromatic hydroxyl groups is 1. The van der Waals surface area contributed by atoms with Gasteiger partial charge in [0.2, 0.25) is 11.8 Å². The van der Waals surface area contributed by atoms with Crippen LogP contribution in [0.4, 0.5) is 0 Å². The highest BCUT2D eigenvalue weighted by molar-refractivity contribution is 7.98. The van der Waals surface area contributed by atoms with Crippen molar-refractivity contribution in [2.45, 2.75) is 43.8 Å². The van der Waals surface area contributed by atoms with E-state index in [1.54, 1.807) is 12.1 Å². The van der Waals surface area contributed by atoms with E-state index in [9.17, 15) is 24.6 Å². The molecular formula is C19H27N3O5S. The van der Waals surface area contributed by atoms with Crippen LogP contribution in [0.15, 0.2) is 24.3 Å². The van der Waals surface area contributed by atoms with Crippen LogP contribution in [0.25, 0.3) is 0 Å². The highest BCUT2D eigenvalue weighted by atomic mass is 32.2. The molecule has 8 nitrogen and oxygen atoms in total. The van der Waals surface area contributed by atoms with Gasteiger partial charge < -0.3 is 26.2 Å². The lowest BCUT2D eigenvalue weighted by molar-refractivity contribution is -0.144. The molecule has 28 heavy (non-hydrogen) atoms. The maximum atomic E-state index is 12.8. The first kappa shape index (κ1) is 22.0. The van der Waals surface area contributed by atoms with Crippen LogP contribution in [0.5, 0.6) is 5.75 Å². The molecule has 0 spiro atoms. The van der Waals surface area contributed by atoms with Gasteiger partial charge in [-0.05, 0) is 55.4 Å². The van der Waals surface area contributed by atoms with Gasteiger partial charge in [0, 0.05) is 6.54 Å². The number of aliphatic carboxylic acids is 1. The van der Waals surface area contributed by atoms with Crippen molar-refractivity contribution in [3.63, 3.8) is 0 Å². The summed E-state index contributed by atoms with van der Waals surface area (Å²) in [4.78, 5) is 38.2. The average molecular weight is 410 g/mol. The fourth-order valence-electron chi connectivity index (χ4n) is 3.25. The number of phenolic OH excluding ortho intramolecular Hbond substituents is 1. The van der Waals surface area contributed by atoms with E-state index >= 15 is 0 Å². The number of rotatable bonds is 9. The van der Waals surface area contributed by atoms with Gasteiger partial charge in [-0.3, -0.25) is 9.59 Å². The molecule has 0 bridgehead atoms. The van der Waals surface area contributed by atoms with Crippen LogP contribution in [-0.4, -0.2) is 69.6 Å².